The Kier molecular flexibility index (Phi) is 6.51. The zero-order valence-electron chi connectivity index (χ0n) is 21.2. The molecule has 4 aliphatic rings. The molecule has 5 rings (SSSR count). The molecule has 3 aliphatic heterocycles. The van der Waals surface area contributed by atoms with Gasteiger partial charge in [0.25, 0.3) is 11.5 Å². The van der Waals surface area contributed by atoms with Gasteiger partial charge in [-0.25, -0.2) is 9.59 Å². The number of nitrogens with one attached hydrogen (secondary N) is 2. The first-order chi connectivity index (χ1) is 17.5. The Morgan fingerprint density at radius 3 is 2.51 bits per heavy atom. The van der Waals surface area contributed by atoms with Crippen LogP contribution in [0.4, 0.5) is 4.79 Å². The highest BCUT2D eigenvalue weighted by Crippen LogP contribution is 2.43. The van der Waals surface area contributed by atoms with Gasteiger partial charge in [0, 0.05) is 44.7 Å². The van der Waals surface area contributed by atoms with E-state index in [9.17, 15) is 29.1 Å². The highest BCUT2D eigenvalue weighted by Gasteiger charge is 2.52. The summed E-state index contributed by atoms with van der Waals surface area (Å²) in [5, 5.41) is 13.8. The summed E-state index contributed by atoms with van der Waals surface area (Å²) >= 11 is 0. The fourth-order valence-corrected chi connectivity index (χ4v) is 6.35. The highest BCUT2D eigenvalue weighted by atomic mass is 16.5. The number of amides is 4. The summed E-state index contributed by atoms with van der Waals surface area (Å²) in [7, 11) is 0. The molecular weight excluding hydrogens is 482 g/mol. The van der Waals surface area contributed by atoms with Gasteiger partial charge in [0.1, 0.15) is 11.1 Å². The number of aromatic amines is 1. The van der Waals surface area contributed by atoms with Gasteiger partial charge in [0.2, 0.25) is 5.91 Å². The van der Waals surface area contributed by atoms with Crippen LogP contribution in [-0.4, -0.2) is 85.3 Å². The molecule has 2 atom stereocenters. The maximum atomic E-state index is 12.9. The lowest BCUT2D eigenvalue weighted by molar-refractivity contribution is -0.202. The van der Waals surface area contributed by atoms with Crippen molar-refractivity contribution in [3.8, 4) is 0 Å². The quantitative estimate of drug-likeness (QED) is 0.473. The molecule has 2 spiro atoms. The van der Waals surface area contributed by atoms with Crippen molar-refractivity contribution in [3.05, 3.63) is 33.1 Å². The minimum atomic E-state index is -1.29. The number of imide groups is 1. The van der Waals surface area contributed by atoms with Gasteiger partial charge in [-0.05, 0) is 39.0 Å². The van der Waals surface area contributed by atoms with Crippen LogP contribution < -0.4 is 16.6 Å². The molecule has 12 nitrogen and oxygen atoms in total. The minimum absolute atomic E-state index is 0.0323. The molecule has 1 aliphatic carbocycles. The van der Waals surface area contributed by atoms with Crippen molar-refractivity contribution in [2.24, 2.45) is 0 Å². The molecule has 1 saturated carbocycles. The van der Waals surface area contributed by atoms with Crippen LogP contribution in [0.25, 0.3) is 0 Å². The monoisotopic (exact) mass is 517 g/mol. The first-order valence-corrected chi connectivity index (χ1v) is 13.1. The van der Waals surface area contributed by atoms with Crippen LogP contribution in [0.3, 0.4) is 0 Å². The maximum absolute atomic E-state index is 12.9. The van der Waals surface area contributed by atoms with E-state index in [1.54, 1.807) is 11.8 Å². The van der Waals surface area contributed by atoms with Crippen LogP contribution in [-0.2, 0) is 14.3 Å². The number of hydrogen-bond acceptors (Lipinski definition) is 7. The van der Waals surface area contributed by atoms with Crippen molar-refractivity contribution in [2.75, 3.05) is 26.2 Å². The summed E-state index contributed by atoms with van der Waals surface area (Å²) in [5.41, 5.74) is -3.69. The molecule has 4 heterocycles. The van der Waals surface area contributed by atoms with E-state index in [1.165, 1.54) is 21.7 Å². The smallest absolute Gasteiger partial charge is 0.328 e. The van der Waals surface area contributed by atoms with Crippen molar-refractivity contribution in [1.82, 2.24) is 24.7 Å². The van der Waals surface area contributed by atoms with Gasteiger partial charge in [0.05, 0.1) is 18.2 Å². The predicted molar refractivity (Wildman–Crippen MR) is 131 cm³/mol. The fraction of sp³-hybridized carbons (Fsp3) is 0.720. The zero-order valence-corrected chi connectivity index (χ0v) is 21.2. The number of urea groups is 1. The third-order valence-electron chi connectivity index (χ3n) is 8.64. The number of hydrogen-bond donors (Lipinski definition) is 3. The standard InChI is InChI=1S/C25H35N5O7/c1-23(36)16-37-24(15-17(23)29-12-6-18(31)26-21(29)34)9-13-28(14-10-24)19(32)5-4-11-30-20(33)25(27-22(30)35)7-2-3-8-25/h6,12,17,36H,2-5,7-11,13-16H2,1H3,(H,27,35)(H,26,31,34)/t17-,23-/m0/s1. The summed E-state index contributed by atoms with van der Waals surface area (Å²) in [6.07, 6.45) is 6.75. The Balaban J connectivity index is 1.15. The number of piperidine rings is 1. The van der Waals surface area contributed by atoms with Crippen molar-refractivity contribution in [1.29, 1.82) is 0 Å². The molecular formula is C25H35N5O7. The molecule has 37 heavy (non-hydrogen) atoms. The van der Waals surface area contributed by atoms with Crippen molar-refractivity contribution in [3.63, 3.8) is 0 Å². The summed E-state index contributed by atoms with van der Waals surface area (Å²) in [4.78, 5) is 67.2. The lowest BCUT2D eigenvalue weighted by atomic mass is 9.77. The minimum Gasteiger partial charge on any atom is -0.386 e. The molecule has 0 bridgehead atoms. The average molecular weight is 518 g/mol. The van der Waals surface area contributed by atoms with E-state index in [0.29, 0.717) is 51.6 Å². The van der Waals surface area contributed by atoms with Gasteiger partial charge in [-0.3, -0.25) is 28.8 Å². The van der Waals surface area contributed by atoms with Crippen LogP contribution >= 0.6 is 0 Å². The van der Waals surface area contributed by atoms with Gasteiger partial charge in [-0.2, -0.15) is 0 Å². The van der Waals surface area contributed by atoms with E-state index in [0.717, 1.165) is 12.8 Å². The molecule has 3 N–H and O–H groups in total. The number of carbonyl (C=O) groups excluding carboxylic acids is 3. The second kappa shape index (κ2) is 9.39. The second-order valence-corrected chi connectivity index (χ2v) is 11.2. The third-order valence-corrected chi connectivity index (χ3v) is 8.64. The van der Waals surface area contributed by atoms with E-state index in [2.05, 4.69) is 10.3 Å². The highest BCUT2D eigenvalue weighted by molar-refractivity contribution is 6.07. The molecule has 4 fully saturated rings. The Hall–Kier alpha value is -2.99. The largest absolute Gasteiger partial charge is 0.386 e. The number of rotatable bonds is 5. The Labute approximate surface area is 214 Å². The third kappa shape index (κ3) is 4.72. The molecule has 4 amide bonds. The van der Waals surface area contributed by atoms with Gasteiger partial charge in [-0.1, -0.05) is 12.8 Å². The number of aliphatic hydroxyl groups is 1. The lowest BCUT2D eigenvalue weighted by Crippen LogP contribution is -2.58. The molecule has 1 aromatic heterocycles. The Morgan fingerprint density at radius 2 is 1.84 bits per heavy atom. The van der Waals surface area contributed by atoms with Gasteiger partial charge in [0.15, 0.2) is 0 Å². The van der Waals surface area contributed by atoms with E-state index >= 15 is 0 Å². The van der Waals surface area contributed by atoms with E-state index in [-0.39, 0.29) is 37.4 Å². The summed E-state index contributed by atoms with van der Waals surface area (Å²) < 4.78 is 7.48. The van der Waals surface area contributed by atoms with Crippen molar-refractivity contribution < 1.29 is 24.2 Å². The lowest BCUT2D eigenvalue weighted by Gasteiger charge is -2.51. The SMILES string of the molecule is C[C@]1(O)COC2(CCN(C(=O)CCCN3C(=O)NC4(CCCC4)C3=O)CC2)C[C@@H]1n1ccc(=O)[nH]c1=O. The molecule has 1 aromatic rings. The number of H-pyrrole nitrogens is 1. The second-order valence-electron chi connectivity index (χ2n) is 11.2. The predicted octanol–water partition coefficient (Wildman–Crippen LogP) is 0.255. The summed E-state index contributed by atoms with van der Waals surface area (Å²) in [6.45, 7) is 2.82. The van der Waals surface area contributed by atoms with Crippen LogP contribution in [0.5, 0.6) is 0 Å². The summed E-state index contributed by atoms with van der Waals surface area (Å²) in [6, 6.07) is 0.314. The molecule has 3 saturated heterocycles. The first kappa shape index (κ1) is 25.7. The number of ether oxygens (including phenoxy) is 1. The summed E-state index contributed by atoms with van der Waals surface area (Å²) in [5.74, 6) is -0.197. The molecule has 0 aromatic carbocycles. The molecule has 0 radical (unpaired) electrons. The van der Waals surface area contributed by atoms with Crippen molar-refractivity contribution >= 4 is 17.8 Å². The average Bonchev–Trinajstić information content (AvgIpc) is 3.41. The van der Waals surface area contributed by atoms with Crippen LogP contribution in [0.1, 0.15) is 70.8 Å². The Morgan fingerprint density at radius 1 is 1.14 bits per heavy atom. The van der Waals surface area contributed by atoms with E-state index in [1.807, 2.05) is 0 Å². The molecule has 0 unspecified atom stereocenters. The van der Waals surface area contributed by atoms with E-state index in [4.69, 9.17) is 4.74 Å². The fourth-order valence-electron chi connectivity index (χ4n) is 6.35. The van der Waals surface area contributed by atoms with Crippen LogP contribution in [0.15, 0.2) is 21.9 Å². The zero-order chi connectivity index (χ0) is 26.4. The Bertz CT molecular complexity index is 1190. The molecule has 12 heteroatoms. The number of likely N-dealkylation sites (tertiary alicyclic amines) is 1. The number of nitrogens with zero attached hydrogens (tertiary/aromatic N) is 3. The van der Waals surface area contributed by atoms with Gasteiger partial charge >= 0.3 is 11.7 Å². The van der Waals surface area contributed by atoms with Crippen molar-refractivity contribution in [2.45, 2.75) is 87.5 Å². The first-order valence-electron chi connectivity index (χ1n) is 13.1. The maximum Gasteiger partial charge on any atom is 0.328 e. The van der Waals surface area contributed by atoms with Crippen LogP contribution in [0.2, 0.25) is 0 Å². The normalized spacial score (nSPS) is 28.8. The molecule has 202 valence electrons. The topological polar surface area (TPSA) is 154 Å². The van der Waals surface area contributed by atoms with Gasteiger partial charge in [-0.15, -0.1) is 0 Å². The number of carbonyl (C=O) groups is 3. The number of aromatic nitrogens is 2. The van der Waals surface area contributed by atoms with Gasteiger partial charge < -0.3 is 20.1 Å². The van der Waals surface area contributed by atoms with Crippen LogP contribution in [0, 0.1) is 0 Å². The van der Waals surface area contributed by atoms with E-state index < -0.39 is 34.0 Å².